The normalized spacial score (nSPS) is 14.5. The molecule has 148 valence electrons. The highest BCUT2D eigenvalue weighted by Crippen LogP contribution is 2.26. The number of carbonyl (C=O) groups excluding carboxylic acids is 1. The molecule has 0 radical (unpaired) electrons. The number of rotatable bonds is 4. The number of ether oxygens (including phenoxy) is 1. The van der Waals surface area contributed by atoms with Gasteiger partial charge in [0.15, 0.2) is 0 Å². The van der Waals surface area contributed by atoms with Gasteiger partial charge in [-0.3, -0.25) is 4.79 Å². The number of nitrogens with zero attached hydrogens (tertiary/aromatic N) is 2. The van der Waals surface area contributed by atoms with Crippen LogP contribution in [0.2, 0.25) is 0 Å². The SMILES string of the molecule is Cc1cc(N2CCOCC2)nc2ccc(NC(=O)/C=C/c3ccc(Br)cc3)cc12. The molecule has 1 saturated heterocycles. The van der Waals surface area contributed by atoms with Crippen LogP contribution in [-0.4, -0.2) is 37.2 Å². The van der Waals surface area contributed by atoms with Crippen LogP contribution in [0.3, 0.4) is 0 Å². The lowest BCUT2D eigenvalue weighted by Gasteiger charge is -2.28. The topological polar surface area (TPSA) is 54.5 Å². The van der Waals surface area contributed by atoms with Gasteiger partial charge in [-0.2, -0.15) is 0 Å². The van der Waals surface area contributed by atoms with Crippen molar-refractivity contribution < 1.29 is 9.53 Å². The van der Waals surface area contributed by atoms with E-state index in [-0.39, 0.29) is 5.91 Å². The number of nitrogens with one attached hydrogen (secondary N) is 1. The fourth-order valence-corrected chi connectivity index (χ4v) is 3.60. The van der Waals surface area contributed by atoms with Crippen LogP contribution < -0.4 is 10.2 Å². The molecule has 5 nitrogen and oxygen atoms in total. The predicted molar refractivity (Wildman–Crippen MR) is 121 cm³/mol. The summed E-state index contributed by atoms with van der Waals surface area (Å²) in [6, 6.07) is 15.7. The highest BCUT2D eigenvalue weighted by Gasteiger charge is 2.14. The average Bonchev–Trinajstić information content (AvgIpc) is 2.74. The molecule has 1 fully saturated rings. The molecule has 1 aromatic heterocycles. The largest absolute Gasteiger partial charge is 0.378 e. The Morgan fingerprint density at radius 1 is 1.14 bits per heavy atom. The first-order chi connectivity index (χ1) is 14.1. The molecule has 1 amide bonds. The summed E-state index contributed by atoms with van der Waals surface area (Å²) in [6.45, 7) is 5.26. The monoisotopic (exact) mass is 451 g/mol. The minimum absolute atomic E-state index is 0.164. The van der Waals surface area contributed by atoms with Crippen LogP contribution in [0.25, 0.3) is 17.0 Å². The molecule has 0 saturated carbocycles. The Labute approximate surface area is 178 Å². The van der Waals surface area contributed by atoms with Gasteiger partial charge >= 0.3 is 0 Å². The van der Waals surface area contributed by atoms with Gasteiger partial charge in [0.2, 0.25) is 5.91 Å². The second kappa shape index (κ2) is 8.76. The highest BCUT2D eigenvalue weighted by molar-refractivity contribution is 9.10. The predicted octanol–water partition coefficient (Wildman–Crippen LogP) is 4.79. The zero-order valence-electron chi connectivity index (χ0n) is 16.2. The zero-order chi connectivity index (χ0) is 20.2. The van der Waals surface area contributed by atoms with Gasteiger partial charge in [-0.25, -0.2) is 4.98 Å². The van der Waals surface area contributed by atoms with Crippen LogP contribution >= 0.6 is 15.9 Å². The molecule has 4 rings (SSSR count). The number of hydrogen-bond acceptors (Lipinski definition) is 4. The van der Waals surface area contributed by atoms with E-state index in [0.717, 1.165) is 64.3 Å². The number of aryl methyl sites for hydroxylation is 1. The maximum absolute atomic E-state index is 12.3. The summed E-state index contributed by atoms with van der Waals surface area (Å²) in [4.78, 5) is 19.3. The lowest BCUT2D eigenvalue weighted by atomic mass is 10.1. The van der Waals surface area contributed by atoms with Gasteiger partial charge in [0, 0.05) is 34.7 Å². The van der Waals surface area contributed by atoms with Crippen molar-refractivity contribution >= 4 is 50.3 Å². The van der Waals surface area contributed by atoms with E-state index in [1.54, 1.807) is 12.2 Å². The van der Waals surface area contributed by atoms with E-state index < -0.39 is 0 Å². The highest BCUT2D eigenvalue weighted by atomic mass is 79.9. The van der Waals surface area contributed by atoms with Gasteiger partial charge in [-0.15, -0.1) is 0 Å². The van der Waals surface area contributed by atoms with Crippen molar-refractivity contribution in [2.24, 2.45) is 0 Å². The van der Waals surface area contributed by atoms with E-state index in [2.05, 4.69) is 39.1 Å². The smallest absolute Gasteiger partial charge is 0.248 e. The second-order valence-corrected chi connectivity index (χ2v) is 7.92. The number of aromatic nitrogens is 1. The Kier molecular flexibility index (Phi) is 5.92. The van der Waals surface area contributed by atoms with Crippen molar-refractivity contribution in [3.8, 4) is 0 Å². The van der Waals surface area contributed by atoms with Gasteiger partial charge in [0.05, 0.1) is 18.7 Å². The number of anilines is 2. The van der Waals surface area contributed by atoms with E-state index in [1.165, 1.54) is 0 Å². The lowest BCUT2D eigenvalue weighted by molar-refractivity contribution is -0.111. The van der Waals surface area contributed by atoms with Gasteiger partial charge in [0.1, 0.15) is 5.82 Å². The van der Waals surface area contributed by atoms with E-state index >= 15 is 0 Å². The Morgan fingerprint density at radius 2 is 1.90 bits per heavy atom. The van der Waals surface area contributed by atoms with Gasteiger partial charge in [-0.05, 0) is 60.5 Å². The summed E-state index contributed by atoms with van der Waals surface area (Å²) in [5.41, 5.74) is 3.79. The zero-order valence-corrected chi connectivity index (χ0v) is 17.8. The fourth-order valence-electron chi connectivity index (χ4n) is 3.34. The first-order valence-electron chi connectivity index (χ1n) is 9.57. The Morgan fingerprint density at radius 3 is 2.66 bits per heavy atom. The number of halogens is 1. The van der Waals surface area contributed by atoms with Crippen molar-refractivity contribution in [1.29, 1.82) is 0 Å². The molecule has 2 aromatic carbocycles. The Bertz CT molecular complexity index is 1060. The Hall–Kier alpha value is -2.70. The van der Waals surface area contributed by atoms with Crippen molar-refractivity contribution in [2.45, 2.75) is 6.92 Å². The number of benzene rings is 2. The van der Waals surface area contributed by atoms with Crippen LogP contribution in [0, 0.1) is 6.92 Å². The molecular weight excluding hydrogens is 430 g/mol. The Balaban J connectivity index is 1.50. The molecule has 1 aliphatic rings. The number of carbonyl (C=O) groups is 1. The fraction of sp³-hybridized carbons (Fsp3) is 0.217. The van der Waals surface area contributed by atoms with Crippen LogP contribution in [0.1, 0.15) is 11.1 Å². The standard InChI is InChI=1S/C23H22BrN3O2/c1-16-14-22(27-10-12-29-13-11-27)26-21-8-7-19(15-20(16)21)25-23(28)9-4-17-2-5-18(24)6-3-17/h2-9,14-15H,10-13H2,1H3,(H,25,28)/b9-4+. The van der Waals surface area contributed by atoms with E-state index in [4.69, 9.17) is 9.72 Å². The summed E-state index contributed by atoms with van der Waals surface area (Å²) < 4.78 is 6.44. The van der Waals surface area contributed by atoms with Crippen LogP contribution in [0.15, 0.2) is 59.1 Å². The quantitative estimate of drug-likeness (QED) is 0.579. The molecule has 2 heterocycles. The maximum Gasteiger partial charge on any atom is 0.248 e. The molecule has 0 aliphatic carbocycles. The molecule has 6 heteroatoms. The molecule has 0 atom stereocenters. The van der Waals surface area contributed by atoms with Crippen molar-refractivity contribution in [3.05, 3.63) is 70.2 Å². The van der Waals surface area contributed by atoms with Gasteiger partial charge < -0.3 is 15.0 Å². The minimum Gasteiger partial charge on any atom is -0.378 e. The molecule has 29 heavy (non-hydrogen) atoms. The third-order valence-corrected chi connectivity index (χ3v) is 5.43. The third kappa shape index (κ3) is 4.83. The van der Waals surface area contributed by atoms with E-state index in [0.29, 0.717) is 0 Å². The molecule has 3 aromatic rings. The number of amides is 1. The summed E-state index contributed by atoms with van der Waals surface area (Å²) in [5, 5.41) is 3.97. The molecule has 0 unspecified atom stereocenters. The van der Waals surface area contributed by atoms with Crippen LogP contribution in [-0.2, 0) is 9.53 Å². The summed E-state index contributed by atoms with van der Waals surface area (Å²) >= 11 is 3.41. The number of fused-ring (bicyclic) bond motifs is 1. The van der Waals surface area contributed by atoms with Crippen LogP contribution in [0.5, 0.6) is 0 Å². The summed E-state index contributed by atoms with van der Waals surface area (Å²) in [6.07, 6.45) is 3.34. The number of hydrogen-bond donors (Lipinski definition) is 1. The molecule has 1 aliphatic heterocycles. The van der Waals surface area contributed by atoms with Crippen LogP contribution in [0.4, 0.5) is 11.5 Å². The average molecular weight is 452 g/mol. The molecule has 0 bridgehead atoms. The third-order valence-electron chi connectivity index (χ3n) is 4.90. The summed E-state index contributed by atoms with van der Waals surface area (Å²) in [7, 11) is 0. The van der Waals surface area contributed by atoms with Crippen molar-refractivity contribution in [3.63, 3.8) is 0 Å². The number of pyridine rings is 1. The molecular formula is C23H22BrN3O2. The first-order valence-corrected chi connectivity index (χ1v) is 10.4. The molecule has 0 spiro atoms. The number of morpholine rings is 1. The minimum atomic E-state index is -0.164. The maximum atomic E-state index is 12.3. The van der Waals surface area contributed by atoms with E-state index in [9.17, 15) is 4.79 Å². The van der Waals surface area contributed by atoms with E-state index in [1.807, 2.05) is 42.5 Å². The lowest BCUT2D eigenvalue weighted by Crippen LogP contribution is -2.36. The second-order valence-electron chi connectivity index (χ2n) is 7.00. The first kappa shape index (κ1) is 19.6. The van der Waals surface area contributed by atoms with Gasteiger partial charge in [0.25, 0.3) is 0 Å². The van der Waals surface area contributed by atoms with Gasteiger partial charge in [-0.1, -0.05) is 28.1 Å². The molecule has 1 N–H and O–H groups in total. The van der Waals surface area contributed by atoms with Crippen molar-refractivity contribution in [2.75, 3.05) is 36.5 Å². The summed E-state index contributed by atoms with van der Waals surface area (Å²) in [5.74, 6) is 0.815. The van der Waals surface area contributed by atoms with Crippen molar-refractivity contribution in [1.82, 2.24) is 4.98 Å².